The van der Waals surface area contributed by atoms with Crippen molar-refractivity contribution in [3.05, 3.63) is 95.6 Å². The van der Waals surface area contributed by atoms with E-state index < -0.39 is 53.5 Å². The quantitative estimate of drug-likeness (QED) is 0.187. The van der Waals surface area contributed by atoms with Gasteiger partial charge in [0, 0.05) is 12.1 Å². The number of aliphatic carboxylic acids is 1. The van der Waals surface area contributed by atoms with Crippen LogP contribution >= 0.6 is 0 Å². The number of carbonyl (C=O) groups excluding carboxylic acids is 3. The van der Waals surface area contributed by atoms with E-state index in [9.17, 15) is 33.1 Å². The molecule has 0 aromatic heterocycles. The largest absolute Gasteiger partial charge is 0.484 e. The van der Waals surface area contributed by atoms with Crippen LogP contribution in [0.3, 0.4) is 0 Å². The van der Waals surface area contributed by atoms with Crippen molar-refractivity contribution in [2.45, 2.75) is 44.4 Å². The number of benzene rings is 3. The molecule has 1 unspecified atom stereocenters. The van der Waals surface area contributed by atoms with Crippen molar-refractivity contribution in [1.29, 1.82) is 0 Å². The monoisotopic (exact) mass is 623 g/mol. The van der Waals surface area contributed by atoms with Crippen molar-refractivity contribution in [2.75, 3.05) is 18.1 Å². The van der Waals surface area contributed by atoms with Gasteiger partial charge < -0.3 is 30.9 Å². The average molecular weight is 624 g/mol. The summed E-state index contributed by atoms with van der Waals surface area (Å²) in [5, 5.41) is 22.0. The Morgan fingerprint density at radius 3 is 2.18 bits per heavy atom. The molecule has 1 heterocycles. The Kier molecular flexibility index (Phi) is 11.0. The van der Waals surface area contributed by atoms with E-state index in [0.717, 1.165) is 5.56 Å². The molecule has 4 rings (SSSR count). The van der Waals surface area contributed by atoms with Gasteiger partial charge in [0.25, 0.3) is 5.91 Å². The first kappa shape index (κ1) is 33.2. The molecule has 0 radical (unpaired) electrons. The van der Waals surface area contributed by atoms with Crippen LogP contribution in [0.25, 0.3) is 0 Å². The number of carbonyl (C=O) groups is 4. The van der Waals surface area contributed by atoms with E-state index in [2.05, 4.69) is 5.32 Å². The van der Waals surface area contributed by atoms with Crippen LogP contribution in [0.1, 0.15) is 49.5 Å². The number of β-lactam (4-membered cyclic amide) rings is 1. The fourth-order valence-corrected chi connectivity index (χ4v) is 5.25. The summed E-state index contributed by atoms with van der Waals surface area (Å²) < 4.78 is 32.4. The Morgan fingerprint density at radius 1 is 0.978 bits per heavy atom. The molecule has 3 aromatic rings. The molecule has 1 saturated heterocycles. The lowest BCUT2D eigenvalue weighted by molar-refractivity contribution is -0.140. The number of amides is 2. The van der Waals surface area contributed by atoms with Crippen LogP contribution in [0.5, 0.6) is 5.75 Å². The molecule has 0 aliphatic carbocycles. The molecule has 0 bridgehead atoms. The Labute approximate surface area is 258 Å². The lowest BCUT2D eigenvalue weighted by atomic mass is 9.78. The molecule has 1 fully saturated rings. The molecule has 238 valence electrons. The zero-order valence-corrected chi connectivity index (χ0v) is 24.6. The fourth-order valence-electron chi connectivity index (χ4n) is 5.25. The van der Waals surface area contributed by atoms with Crippen molar-refractivity contribution in [3.8, 4) is 5.75 Å². The molecule has 12 heteroatoms. The molecule has 0 spiro atoms. The zero-order valence-electron chi connectivity index (χ0n) is 24.6. The minimum atomic E-state index is -1.21. The summed E-state index contributed by atoms with van der Waals surface area (Å²) in [6.45, 7) is 0.886. The van der Waals surface area contributed by atoms with E-state index in [4.69, 9.17) is 15.6 Å². The number of carboxylic acid groups (broad SMARTS) is 1. The lowest BCUT2D eigenvalue weighted by Gasteiger charge is -2.48. The number of aliphatic hydroxyl groups excluding tert-OH is 1. The second kappa shape index (κ2) is 14.9. The number of hydrogen-bond acceptors (Lipinski definition) is 7. The number of hydrogen-bond donors (Lipinski definition) is 4. The summed E-state index contributed by atoms with van der Waals surface area (Å²) in [6, 6.07) is 16.3. The maximum atomic E-state index is 13.6. The first-order valence-electron chi connectivity index (χ1n) is 14.5. The van der Waals surface area contributed by atoms with Crippen LogP contribution in [0.15, 0.2) is 72.8 Å². The van der Waals surface area contributed by atoms with Crippen LogP contribution in [-0.2, 0) is 19.2 Å². The van der Waals surface area contributed by atoms with E-state index >= 15 is 0 Å². The number of rotatable bonds is 15. The van der Waals surface area contributed by atoms with Gasteiger partial charge in [-0.25, -0.2) is 8.78 Å². The molecule has 5 N–H and O–H groups in total. The third-order valence-corrected chi connectivity index (χ3v) is 7.85. The normalized spacial score (nSPS) is 18.0. The van der Waals surface area contributed by atoms with Crippen molar-refractivity contribution < 1.29 is 42.9 Å². The summed E-state index contributed by atoms with van der Waals surface area (Å²) in [5.74, 6) is -3.85. The standard InChI is InChI=1S/C33H35F2N3O7/c1-19(30(36)33(43)44)16-25(39)17-37-29(41)18-45-26-12-4-21(5-13-26)31-27(14-15-28(40)20-2-6-22(34)7-3-20)32(42)38(31)24-10-8-23(35)9-11-24/h2-13,19,27-28,30-31,40H,14-18,36H2,1H3,(H,37,41)(H,43,44)/t19?,27-,28+,30-,31-/m1/s1. The predicted octanol–water partition coefficient (Wildman–Crippen LogP) is 3.68. The summed E-state index contributed by atoms with van der Waals surface area (Å²) >= 11 is 0. The summed E-state index contributed by atoms with van der Waals surface area (Å²) in [5.41, 5.74) is 7.34. The molecular formula is C33H35F2N3O7. The number of anilines is 1. The van der Waals surface area contributed by atoms with Gasteiger partial charge in [-0.05, 0) is 78.4 Å². The van der Waals surface area contributed by atoms with Gasteiger partial charge in [0.1, 0.15) is 23.4 Å². The van der Waals surface area contributed by atoms with Gasteiger partial charge in [-0.1, -0.05) is 31.2 Å². The van der Waals surface area contributed by atoms with Gasteiger partial charge >= 0.3 is 5.97 Å². The highest BCUT2D eigenvalue weighted by Crippen LogP contribution is 2.46. The van der Waals surface area contributed by atoms with E-state index in [1.165, 1.54) is 48.5 Å². The second-order valence-corrected chi connectivity index (χ2v) is 11.1. The van der Waals surface area contributed by atoms with Gasteiger partial charge in [-0.3, -0.25) is 19.2 Å². The highest BCUT2D eigenvalue weighted by molar-refractivity contribution is 6.03. The van der Waals surface area contributed by atoms with Crippen molar-refractivity contribution in [1.82, 2.24) is 5.32 Å². The third-order valence-electron chi connectivity index (χ3n) is 7.85. The van der Waals surface area contributed by atoms with Crippen LogP contribution in [0.2, 0.25) is 0 Å². The van der Waals surface area contributed by atoms with E-state index in [-0.39, 0.29) is 37.7 Å². The van der Waals surface area contributed by atoms with Crippen molar-refractivity contribution in [3.63, 3.8) is 0 Å². The number of nitrogens with one attached hydrogen (secondary N) is 1. The average Bonchev–Trinajstić information content (AvgIpc) is 3.02. The van der Waals surface area contributed by atoms with Gasteiger partial charge in [0.05, 0.1) is 24.6 Å². The number of nitrogens with zero attached hydrogens (tertiary/aromatic N) is 1. The number of ketones is 1. The first-order chi connectivity index (χ1) is 21.4. The van der Waals surface area contributed by atoms with E-state index in [1.807, 2.05) is 0 Å². The predicted molar refractivity (Wildman–Crippen MR) is 160 cm³/mol. The minimum Gasteiger partial charge on any atom is -0.484 e. The number of aliphatic hydroxyl groups is 1. The minimum absolute atomic E-state index is 0.0964. The number of ether oxygens (including phenoxy) is 1. The summed E-state index contributed by atoms with van der Waals surface area (Å²) in [4.78, 5) is 50.1. The number of halogens is 2. The number of Topliss-reactive ketones (excluding diaryl/α,β-unsaturated/α-hetero) is 1. The molecule has 45 heavy (non-hydrogen) atoms. The number of nitrogens with two attached hydrogens (primary N) is 1. The van der Waals surface area contributed by atoms with Crippen molar-refractivity contribution in [2.24, 2.45) is 17.6 Å². The molecular weight excluding hydrogens is 588 g/mol. The Balaban J connectivity index is 1.36. The second-order valence-electron chi connectivity index (χ2n) is 11.1. The third kappa shape index (κ3) is 8.49. The van der Waals surface area contributed by atoms with Crippen LogP contribution < -0.4 is 20.7 Å². The van der Waals surface area contributed by atoms with E-state index in [0.29, 0.717) is 23.4 Å². The SMILES string of the molecule is CC(CC(=O)CNC(=O)COc1ccc([C@@H]2[C@@H](CC[C@H](O)c3ccc(F)cc3)C(=O)N2c2ccc(F)cc2)cc1)[C@@H](N)C(=O)O. The van der Waals surface area contributed by atoms with Crippen LogP contribution in [0.4, 0.5) is 14.5 Å². The first-order valence-corrected chi connectivity index (χ1v) is 14.5. The Hall–Kier alpha value is -4.68. The highest BCUT2D eigenvalue weighted by atomic mass is 19.1. The fraction of sp³-hybridized carbons (Fsp3) is 0.333. The van der Waals surface area contributed by atoms with Crippen LogP contribution in [0, 0.1) is 23.5 Å². The van der Waals surface area contributed by atoms with E-state index in [1.54, 1.807) is 36.1 Å². The van der Waals surface area contributed by atoms with Gasteiger partial charge in [-0.2, -0.15) is 0 Å². The van der Waals surface area contributed by atoms with Crippen LogP contribution in [-0.4, -0.2) is 53.0 Å². The zero-order chi connectivity index (χ0) is 32.7. The molecule has 2 amide bonds. The molecule has 0 saturated carbocycles. The molecule has 3 aromatic carbocycles. The van der Waals surface area contributed by atoms with Gasteiger partial charge in [-0.15, -0.1) is 0 Å². The highest BCUT2D eigenvalue weighted by Gasteiger charge is 2.48. The maximum Gasteiger partial charge on any atom is 0.320 e. The van der Waals surface area contributed by atoms with Gasteiger partial charge in [0.2, 0.25) is 5.91 Å². The smallest absolute Gasteiger partial charge is 0.320 e. The molecule has 1 aliphatic rings. The van der Waals surface area contributed by atoms with Gasteiger partial charge in [0.15, 0.2) is 12.4 Å². The Morgan fingerprint density at radius 2 is 1.58 bits per heavy atom. The molecule has 5 atom stereocenters. The topological polar surface area (TPSA) is 159 Å². The Bertz CT molecular complexity index is 1500. The van der Waals surface area contributed by atoms with Crippen molar-refractivity contribution >= 4 is 29.3 Å². The lowest BCUT2D eigenvalue weighted by Crippen LogP contribution is -2.55. The summed E-state index contributed by atoms with van der Waals surface area (Å²) in [7, 11) is 0. The number of carboxylic acids is 1. The molecule has 10 nitrogen and oxygen atoms in total. The molecule has 1 aliphatic heterocycles. The maximum absolute atomic E-state index is 13.6. The summed E-state index contributed by atoms with van der Waals surface area (Å²) in [6.07, 6.45) is -0.375.